The lowest BCUT2D eigenvalue weighted by molar-refractivity contribution is -0.137. The largest absolute Gasteiger partial charge is 0.416 e. The molecule has 27 heavy (non-hydrogen) atoms. The van der Waals surface area contributed by atoms with E-state index in [4.69, 9.17) is 0 Å². The van der Waals surface area contributed by atoms with Crippen LogP contribution in [0.15, 0.2) is 29.6 Å². The van der Waals surface area contributed by atoms with E-state index in [0.29, 0.717) is 22.8 Å². The SMILES string of the molecule is N#CN1[C@H]2CC[C@@H]1[C@H](C(=O)Nc1nc(-c3cccc(C(F)(F)F)c3)cs1)C2. The zero-order valence-corrected chi connectivity index (χ0v) is 14.8. The number of nitriles is 1. The Balaban J connectivity index is 1.48. The number of carbonyl (C=O) groups is 1. The first-order valence-electron chi connectivity index (χ1n) is 8.49. The first-order valence-corrected chi connectivity index (χ1v) is 9.37. The van der Waals surface area contributed by atoms with Gasteiger partial charge in [-0.25, -0.2) is 4.98 Å². The van der Waals surface area contributed by atoms with Gasteiger partial charge in [0.1, 0.15) is 0 Å². The highest BCUT2D eigenvalue weighted by atomic mass is 32.1. The molecule has 4 rings (SSSR count). The second kappa shape index (κ2) is 6.53. The minimum Gasteiger partial charge on any atom is -0.304 e. The second-order valence-corrected chi connectivity index (χ2v) is 7.61. The predicted octanol–water partition coefficient (Wildman–Crippen LogP) is 4.10. The molecule has 1 aromatic heterocycles. The Morgan fingerprint density at radius 3 is 2.89 bits per heavy atom. The van der Waals surface area contributed by atoms with Gasteiger partial charge in [0.2, 0.25) is 5.91 Å². The summed E-state index contributed by atoms with van der Waals surface area (Å²) in [6, 6.07) is 5.00. The van der Waals surface area contributed by atoms with E-state index >= 15 is 0 Å². The fourth-order valence-electron chi connectivity index (χ4n) is 3.94. The van der Waals surface area contributed by atoms with Crippen molar-refractivity contribution in [2.24, 2.45) is 5.92 Å². The van der Waals surface area contributed by atoms with Crippen molar-refractivity contribution in [3.8, 4) is 17.5 Å². The van der Waals surface area contributed by atoms with Crippen LogP contribution in [0, 0.1) is 17.4 Å². The van der Waals surface area contributed by atoms with Gasteiger partial charge in [-0.1, -0.05) is 12.1 Å². The summed E-state index contributed by atoms with van der Waals surface area (Å²) in [5.41, 5.74) is -0.0118. The summed E-state index contributed by atoms with van der Waals surface area (Å²) in [7, 11) is 0. The smallest absolute Gasteiger partial charge is 0.304 e. The van der Waals surface area contributed by atoms with E-state index in [0.717, 1.165) is 25.0 Å². The third-order valence-corrected chi connectivity index (χ3v) is 5.97. The van der Waals surface area contributed by atoms with Gasteiger partial charge in [-0.2, -0.15) is 18.4 Å². The normalized spacial score (nSPS) is 24.1. The fraction of sp³-hybridized carbons (Fsp3) is 0.389. The van der Waals surface area contributed by atoms with Gasteiger partial charge < -0.3 is 10.2 Å². The molecule has 140 valence electrons. The topological polar surface area (TPSA) is 69.0 Å². The number of fused-ring (bicyclic) bond motifs is 2. The van der Waals surface area contributed by atoms with Gasteiger partial charge in [0.25, 0.3) is 0 Å². The number of thiazole rings is 1. The van der Waals surface area contributed by atoms with Crippen molar-refractivity contribution in [3.05, 3.63) is 35.2 Å². The number of carbonyl (C=O) groups excluding carboxylic acids is 1. The van der Waals surface area contributed by atoms with E-state index < -0.39 is 11.7 Å². The molecule has 3 heterocycles. The fourth-order valence-corrected chi connectivity index (χ4v) is 4.67. The summed E-state index contributed by atoms with van der Waals surface area (Å²) in [4.78, 5) is 18.5. The number of halogens is 3. The highest BCUT2D eigenvalue weighted by Gasteiger charge is 2.49. The molecule has 1 N–H and O–H groups in total. The summed E-state index contributed by atoms with van der Waals surface area (Å²) < 4.78 is 38.6. The van der Waals surface area contributed by atoms with E-state index in [1.807, 2.05) is 0 Å². The molecular weight excluding hydrogens is 377 g/mol. The zero-order chi connectivity index (χ0) is 19.2. The van der Waals surface area contributed by atoms with Crippen LogP contribution in [-0.2, 0) is 11.0 Å². The average Bonchev–Trinajstić information content (AvgIpc) is 3.35. The number of hydrogen-bond acceptors (Lipinski definition) is 5. The van der Waals surface area contributed by atoms with Gasteiger partial charge in [-0.3, -0.25) is 4.79 Å². The third kappa shape index (κ3) is 3.25. The summed E-state index contributed by atoms with van der Waals surface area (Å²) in [5, 5.41) is 13.9. The maximum Gasteiger partial charge on any atom is 0.416 e. The van der Waals surface area contributed by atoms with Crippen LogP contribution in [0.25, 0.3) is 11.3 Å². The molecule has 0 radical (unpaired) electrons. The molecule has 2 aromatic rings. The average molecular weight is 392 g/mol. The maximum absolute atomic E-state index is 12.9. The summed E-state index contributed by atoms with van der Waals surface area (Å²) in [6.07, 6.45) is 0.148. The molecule has 1 amide bonds. The minimum absolute atomic E-state index is 0.0668. The molecule has 0 unspecified atom stereocenters. The van der Waals surface area contributed by atoms with E-state index in [1.165, 1.54) is 17.4 Å². The lowest BCUT2D eigenvalue weighted by atomic mass is 9.88. The quantitative estimate of drug-likeness (QED) is 0.799. The van der Waals surface area contributed by atoms with Crippen LogP contribution >= 0.6 is 11.3 Å². The van der Waals surface area contributed by atoms with Crippen LogP contribution in [0.2, 0.25) is 0 Å². The number of rotatable bonds is 3. The Bertz CT molecular complexity index is 920. The van der Waals surface area contributed by atoms with E-state index in [2.05, 4.69) is 16.5 Å². The predicted molar refractivity (Wildman–Crippen MR) is 93.6 cm³/mol. The Morgan fingerprint density at radius 1 is 1.37 bits per heavy atom. The highest BCUT2D eigenvalue weighted by molar-refractivity contribution is 7.14. The van der Waals surface area contributed by atoms with Crippen LogP contribution in [0.4, 0.5) is 18.3 Å². The monoisotopic (exact) mass is 392 g/mol. The van der Waals surface area contributed by atoms with E-state index in [1.54, 1.807) is 16.3 Å². The summed E-state index contributed by atoms with van der Waals surface area (Å²) in [6.45, 7) is 0. The lowest BCUT2D eigenvalue weighted by Gasteiger charge is -2.19. The van der Waals surface area contributed by atoms with Crippen LogP contribution < -0.4 is 5.32 Å². The molecule has 0 saturated carbocycles. The number of alkyl halides is 3. The number of nitrogens with zero attached hydrogens (tertiary/aromatic N) is 3. The van der Waals surface area contributed by atoms with Gasteiger partial charge in [0, 0.05) is 17.0 Å². The molecule has 2 bridgehead atoms. The summed E-state index contributed by atoms with van der Waals surface area (Å²) >= 11 is 1.17. The zero-order valence-electron chi connectivity index (χ0n) is 14.0. The number of benzene rings is 1. The molecule has 0 spiro atoms. The van der Waals surface area contributed by atoms with Crippen molar-refractivity contribution in [1.82, 2.24) is 9.88 Å². The molecule has 0 aliphatic carbocycles. The van der Waals surface area contributed by atoms with Crippen molar-refractivity contribution in [3.63, 3.8) is 0 Å². The molecule has 5 nitrogen and oxygen atoms in total. The van der Waals surface area contributed by atoms with Gasteiger partial charge in [-0.05, 0) is 31.4 Å². The van der Waals surface area contributed by atoms with Crippen molar-refractivity contribution in [2.75, 3.05) is 5.32 Å². The number of aromatic nitrogens is 1. The van der Waals surface area contributed by atoms with E-state index in [-0.39, 0.29) is 23.9 Å². The Labute approximate surface area is 157 Å². The van der Waals surface area contributed by atoms with Crippen molar-refractivity contribution >= 4 is 22.4 Å². The maximum atomic E-state index is 12.9. The Kier molecular flexibility index (Phi) is 4.30. The number of nitrogens with one attached hydrogen (secondary N) is 1. The molecule has 2 aliphatic heterocycles. The molecule has 3 atom stereocenters. The van der Waals surface area contributed by atoms with Crippen LogP contribution in [0.5, 0.6) is 0 Å². The molecular formula is C18H15F3N4OS. The lowest BCUT2D eigenvalue weighted by Crippen LogP contribution is -2.33. The van der Waals surface area contributed by atoms with Crippen molar-refractivity contribution in [1.29, 1.82) is 5.26 Å². The Hall–Kier alpha value is -2.60. The molecule has 2 fully saturated rings. The highest BCUT2D eigenvalue weighted by Crippen LogP contribution is 2.41. The number of amides is 1. The molecule has 2 saturated heterocycles. The minimum atomic E-state index is -4.42. The third-order valence-electron chi connectivity index (χ3n) is 5.21. The first kappa shape index (κ1) is 17.8. The van der Waals surface area contributed by atoms with E-state index in [9.17, 15) is 23.2 Å². The van der Waals surface area contributed by atoms with Gasteiger partial charge >= 0.3 is 6.18 Å². The molecule has 2 aliphatic rings. The molecule has 9 heteroatoms. The first-order chi connectivity index (χ1) is 12.9. The second-order valence-electron chi connectivity index (χ2n) is 6.75. The Morgan fingerprint density at radius 2 is 2.19 bits per heavy atom. The summed E-state index contributed by atoms with van der Waals surface area (Å²) in [5.74, 6) is -0.448. The number of hydrogen-bond donors (Lipinski definition) is 1. The van der Waals surface area contributed by atoms with Gasteiger partial charge in [0.05, 0.1) is 23.2 Å². The van der Waals surface area contributed by atoms with Crippen LogP contribution in [0.1, 0.15) is 24.8 Å². The van der Waals surface area contributed by atoms with Crippen molar-refractivity contribution < 1.29 is 18.0 Å². The standard InChI is InChI=1S/C18H15F3N4OS/c19-18(20,21)11-3-1-2-10(6-11)14-8-27-17(23-14)24-16(26)13-7-12-4-5-15(13)25(12)9-22/h1-3,6,8,12-13,15H,4-5,7H2,(H,23,24,26)/t12-,13+,15+/m0/s1. The van der Waals surface area contributed by atoms with Gasteiger partial charge in [0.15, 0.2) is 11.3 Å². The van der Waals surface area contributed by atoms with Crippen LogP contribution in [0.3, 0.4) is 0 Å². The number of anilines is 1. The molecule has 1 aromatic carbocycles. The van der Waals surface area contributed by atoms with Crippen molar-refractivity contribution in [2.45, 2.75) is 37.5 Å². The van der Waals surface area contributed by atoms with Crippen LogP contribution in [-0.4, -0.2) is 27.9 Å². The van der Waals surface area contributed by atoms with Gasteiger partial charge in [-0.15, -0.1) is 11.3 Å².